The van der Waals surface area contributed by atoms with Crippen molar-refractivity contribution in [3.63, 3.8) is 0 Å². The molecule has 1 aliphatic rings. The van der Waals surface area contributed by atoms with E-state index >= 15 is 0 Å². The van der Waals surface area contributed by atoms with Crippen molar-refractivity contribution in [2.24, 2.45) is 10.9 Å². The average molecular weight is 275 g/mol. The lowest BCUT2D eigenvalue weighted by molar-refractivity contribution is 0.182. The number of oxime groups is 1. The summed E-state index contributed by atoms with van der Waals surface area (Å²) in [4.78, 5) is 2.49. The van der Waals surface area contributed by atoms with Gasteiger partial charge in [-0.3, -0.25) is 4.90 Å². The van der Waals surface area contributed by atoms with Gasteiger partial charge in [-0.05, 0) is 31.5 Å². The van der Waals surface area contributed by atoms with Gasteiger partial charge in [-0.15, -0.1) is 0 Å². The van der Waals surface area contributed by atoms with Gasteiger partial charge in [-0.25, -0.2) is 0 Å². The first-order chi connectivity index (χ1) is 9.81. The van der Waals surface area contributed by atoms with Crippen LogP contribution in [0.25, 0.3) is 0 Å². The Hall–Kier alpha value is -1.55. The summed E-state index contributed by atoms with van der Waals surface area (Å²) in [5.74, 6) is 0.306. The van der Waals surface area contributed by atoms with Crippen molar-refractivity contribution < 1.29 is 5.21 Å². The first-order valence-electron chi connectivity index (χ1n) is 7.56. The third-order valence-corrected chi connectivity index (χ3v) is 4.05. The molecule has 1 unspecified atom stereocenters. The predicted octanol–water partition coefficient (Wildman–Crippen LogP) is 3.13. The minimum absolute atomic E-state index is 0.213. The number of nitrogens with zero attached hydrogens (tertiary/aromatic N) is 2. The van der Waals surface area contributed by atoms with E-state index in [4.69, 9.17) is 10.9 Å². The van der Waals surface area contributed by atoms with E-state index in [1.807, 2.05) is 6.07 Å². The second-order valence-corrected chi connectivity index (χ2v) is 5.53. The predicted molar refractivity (Wildman–Crippen MR) is 81.9 cm³/mol. The fourth-order valence-electron chi connectivity index (χ4n) is 2.96. The molecule has 110 valence electrons. The summed E-state index contributed by atoms with van der Waals surface area (Å²) >= 11 is 0. The second kappa shape index (κ2) is 7.90. The van der Waals surface area contributed by atoms with Crippen LogP contribution in [0.1, 0.15) is 50.1 Å². The zero-order chi connectivity index (χ0) is 14.2. The summed E-state index contributed by atoms with van der Waals surface area (Å²) < 4.78 is 0. The van der Waals surface area contributed by atoms with E-state index in [-0.39, 0.29) is 6.04 Å². The van der Waals surface area contributed by atoms with Crippen LogP contribution >= 0.6 is 0 Å². The minimum Gasteiger partial charge on any atom is -0.409 e. The van der Waals surface area contributed by atoms with Crippen molar-refractivity contribution in [3.05, 3.63) is 35.9 Å². The number of rotatable bonds is 4. The van der Waals surface area contributed by atoms with E-state index in [0.29, 0.717) is 12.3 Å². The standard InChI is InChI=1S/C16H25N3O/c17-16(18-20)13-15(14-9-5-4-6-10-14)19-11-7-2-1-3-8-12-19/h4-6,9-10,15,20H,1-3,7-8,11-13H2,(H2,17,18). The second-order valence-electron chi connectivity index (χ2n) is 5.53. The molecule has 0 aliphatic carbocycles. The lowest BCUT2D eigenvalue weighted by Crippen LogP contribution is -2.34. The summed E-state index contributed by atoms with van der Waals surface area (Å²) in [5, 5.41) is 12.0. The molecule has 1 saturated heterocycles. The Labute approximate surface area is 121 Å². The number of likely N-dealkylation sites (tertiary alicyclic amines) is 1. The van der Waals surface area contributed by atoms with E-state index in [1.54, 1.807) is 0 Å². The number of amidine groups is 1. The first kappa shape index (κ1) is 14.9. The first-order valence-corrected chi connectivity index (χ1v) is 7.56. The quantitative estimate of drug-likeness (QED) is 0.384. The molecule has 1 fully saturated rings. The van der Waals surface area contributed by atoms with Gasteiger partial charge in [0.05, 0.1) is 0 Å². The lowest BCUT2D eigenvalue weighted by Gasteiger charge is -2.33. The van der Waals surface area contributed by atoms with Gasteiger partial charge in [0.25, 0.3) is 0 Å². The van der Waals surface area contributed by atoms with Crippen molar-refractivity contribution >= 4 is 5.84 Å². The number of hydrogen-bond acceptors (Lipinski definition) is 3. The van der Waals surface area contributed by atoms with Gasteiger partial charge in [0.2, 0.25) is 0 Å². The molecule has 3 N–H and O–H groups in total. The van der Waals surface area contributed by atoms with Gasteiger partial charge < -0.3 is 10.9 Å². The molecule has 0 bridgehead atoms. The van der Waals surface area contributed by atoms with Crippen LogP contribution in [0, 0.1) is 0 Å². The van der Waals surface area contributed by atoms with Crippen molar-refractivity contribution in [2.75, 3.05) is 13.1 Å². The van der Waals surface area contributed by atoms with E-state index in [1.165, 1.54) is 37.7 Å². The minimum atomic E-state index is 0.213. The SMILES string of the molecule is NC(CC(c1ccccc1)N1CCCCCCC1)=NO. The zero-order valence-corrected chi connectivity index (χ0v) is 12.0. The van der Waals surface area contributed by atoms with Crippen molar-refractivity contribution in [1.29, 1.82) is 0 Å². The molecular formula is C16H25N3O. The van der Waals surface area contributed by atoms with Gasteiger partial charge in [-0.1, -0.05) is 54.8 Å². The van der Waals surface area contributed by atoms with Crippen LogP contribution in [0.4, 0.5) is 0 Å². The number of benzene rings is 1. The normalized spacial score (nSPS) is 20.1. The average Bonchev–Trinajstić information content (AvgIpc) is 2.46. The third-order valence-electron chi connectivity index (χ3n) is 4.05. The fraction of sp³-hybridized carbons (Fsp3) is 0.562. The molecule has 1 atom stereocenters. The van der Waals surface area contributed by atoms with E-state index < -0.39 is 0 Å². The topological polar surface area (TPSA) is 61.8 Å². The Bertz CT molecular complexity index is 411. The van der Waals surface area contributed by atoms with Gasteiger partial charge in [-0.2, -0.15) is 0 Å². The molecule has 0 aromatic heterocycles. The van der Waals surface area contributed by atoms with E-state index in [9.17, 15) is 0 Å². The highest BCUT2D eigenvalue weighted by Crippen LogP contribution is 2.26. The molecule has 0 saturated carbocycles. The Kier molecular flexibility index (Phi) is 5.87. The van der Waals surface area contributed by atoms with Gasteiger partial charge in [0, 0.05) is 12.5 Å². The molecule has 20 heavy (non-hydrogen) atoms. The highest BCUT2D eigenvalue weighted by Gasteiger charge is 2.22. The summed E-state index contributed by atoms with van der Waals surface area (Å²) in [5.41, 5.74) is 7.01. The van der Waals surface area contributed by atoms with Crippen LogP contribution in [-0.4, -0.2) is 29.0 Å². The summed E-state index contributed by atoms with van der Waals surface area (Å²) in [6.45, 7) is 2.19. The Balaban J connectivity index is 2.15. The molecule has 1 heterocycles. The Morgan fingerprint density at radius 1 is 1.10 bits per heavy atom. The molecule has 1 aromatic rings. The maximum Gasteiger partial charge on any atom is 0.141 e. The maximum absolute atomic E-state index is 8.87. The molecule has 2 rings (SSSR count). The fourth-order valence-corrected chi connectivity index (χ4v) is 2.96. The van der Waals surface area contributed by atoms with Gasteiger partial charge in [0.1, 0.15) is 5.84 Å². The van der Waals surface area contributed by atoms with E-state index in [2.05, 4.69) is 34.3 Å². The van der Waals surface area contributed by atoms with Crippen molar-refractivity contribution in [3.8, 4) is 0 Å². The zero-order valence-electron chi connectivity index (χ0n) is 12.0. The van der Waals surface area contributed by atoms with Crippen molar-refractivity contribution in [2.45, 2.75) is 44.6 Å². The monoisotopic (exact) mass is 275 g/mol. The molecule has 0 amide bonds. The van der Waals surface area contributed by atoms with E-state index in [0.717, 1.165) is 13.1 Å². The van der Waals surface area contributed by atoms with Crippen LogP contribution in [0.5, 0.6) is 0 Å². The van der Waals surface area contributed by atoms with Crippen LogP contribution < -0.4 is 5.73 Å². The molecule has 1 aliphatic heterocycles. The molecule has 1 aromatic carbocycles. The number of nitrogens with two attached hydrogens (primary N) is 1. The molecule has 4 heteroatoms. The highest BCUT2D eigenvalue weighted by atomic mass is 16.4. The maximum atomic E-state index is 8.87. The van der Waals surface area contributed by atoms with Crippen LogP contribution in [0.3, 0.4) is 0 Å². The molecular weight excluding hydrogens is 250 g/mol. The molecule has 0 radical (unpaired) electrons. The summed E-state index contributed by atoms with van der Waals surface area (Å²) in [6, 6.07) is 10.6. The molecule has 4 nitrogen and oxygen atoms in total. The lowest BCUT2D eigenvalue weighted by atomic mass is 9.99. The third kappa shape index (κ3) is 4.23. The van der Waals surface area contributed by atoms with Crippen LogP contribution in [-0.2, 0) is 0 Å². The smallest absolute Gasteiger partial charge is 0.141 e. The number of hydrogen-bond donors (Lipinski definition) is 2. The van der Waals surface area contributed by atoms with Crippen LogP contribution in [0.2, 0.25) is 0 Å². The Morgan fingerprint density at radius 2 is 1.70 bits per heavy atom. The molecule has 0 spiro atoms. The van der Waals surface area contributed by atoms with Gasteiger partial charge >= 0.3 is 0 Å². The van der Waals surface area contributed by atoms with Gasteiger partial charge in [0.15, 0.2) is 0 Å². The Morgan fingerprint density at radius 3 is 2.30 bits per heavy atom. The van der Waals surface area contributed by atoms with Crippen LogP contribution in [0.15, 0.2) is 35.5 Å². The summed E-state index contributed by atoms with van der Waals surface area (Å²) in [6.07, 6.45) is 7.02. The largest absolute Gasteiger partial charge is 0.409 e. The highest BCUT2D eigenvalue weighted by molar-refractivity contribution is 5.80. The van der Waals surface area contributed by atoms with Crippen molar-refractivity contribution in [1.82, 2.24) is 4.90 Å². The summed E-state index contributed by atoms with van der Waals surface area (Å²) in [7, 11) is 0.